The first-order valence-electron chi connectivity index (χ1n) is 9.38. The summed E-state index contributed by atoms with van der Waals surface area (Å²) in [6.07, 6.45) is 5.52. The number of fused-ring (bicyclic) bond motifs is 1. The number of rotatable bonds is 7. The maximum atomic E-state index is 12.9. The minimum absolute atomic E-state index is 0.0278. The molecule has 2 atom stereocenters. The molecule has 2 aliphatic heterocycles. The van der Waals surface area contributed by atoms with Gasteiger partial charge in [0.2, 0.25) is 11.8 Å². The van der Waals surface area contributed by atoms with Crippen LogP contribution in [0.4, 0.5) is 4.79 Å². The maximum Gasteiger partial charge on any atom is 0.515 e. The SMILES string of the molecule is C=CCOC(=O)OC1=C(n2ccnc2)S[C@@H]2[C@@H](CO[Si](C)(C)C(C)(C)C)C(=O)N12. The Labute approximate surface area is 176 Å². The van der Waals surface area contributed by atoms with Crippen molar-refractivity contribution >= 4 is 37.2 Å². The molecule has 1 aromatic heterocycles. The number of carbonyl (C=O) groups excluding carboxylic acids is 2. The molecule has 0 aromatic carbocycles. The van der Waals surface area contributed by atoms with Crippen LogP contribution in [-0.4, -0.2) is 53.4 Å². The van der Waals surface area contributed by atoms with E-state index in [1.54, 1.807) is 23.3 Å². The zero-order chi connectivity index (χ0) is 21.4. The first-order valence-corrected chi connectivity index (χ1v) is 13.2. The lowest BCUT2D eigenvalue weighted by Gasteiger charge is -2.44. The van der Waals surface area contributed by atoms with Gasteiger partial charge in [0, 0.05) is 19.0 Å². The van der Waals surface area contributed by atoms with Crippen molar-refractivity contribution in [1.82, 2.24) is 14.5 Å². The second kappa shape index (κ2) is 8.00. The van der Waals surface area contributed by atoms with Crippen LogP contribution >= 0.6 is 11.8 Å². The first-order chi connectivity index (χ1) is 13.6. The Morgan fingerprint density at radius 2 is 2.14 bits per heavy atom. The molecule has 1 amide bonds. The average molecular weight is 438 g/mol. The fourth-order valence-electron chi connectivity index (χ4n) is 2.69. The molecule has 0 saturated carbocycles. The van der Waals surface area contributed by atoms with Crippen LogP contribution in [0.1, 0.15) is 20.8 Å². The third-order valence-electron chi connectivity index (χ3n) is 5.46. The van der Waals surface area contributed by atoms with Gasteiger partial charge in [-0.3, -0.25) is 14.3 Å². The van der Waals surface area contributed by atoms with E-state index in [1.807, 2.05) is 0 Å². The largest absolute Gasteiger partial charge is 0.515 e. The summed E-state index contributed by atoms with van der Waals surface area (Å²) in [6, 6.07) is 0. The number of ether oxygens (including phenoxy) is 2. The molecule has 0 radical (unpaired) electrons. The molecule has 3 rings (SSSR count). The van der Waals surface area contributed by atoms with Crippen LogP contribution in [0.5, 0.6) is 0 Å². The van der Waals surface area contributed by atoms with Gasteiger partial charge in [-0.1, -0.05) is 45.2 Å². The van der Waals surface area contributed by atoms with Gasteiger partial charge >= 0.3 is 6.16 Å². The summed E-state index contributed by atoms with van der Waals surface area (Å²) < 4.78 is 18.3. The van der Waals surface area contributed by atoms with Gasteiger partial charge in [0.05, 0.1) is 12.2 Å². The maximum absolute atomic E-state index is 12.9. The van der Waals surface area contributed by atoms with Crippen molar-refractivity contribution in [2.75, 3.05) is 13.2 Å². The van der Waals surface area contributed by atoms with Crippen LogP contribution in [0.2, 0.25) is 18.1 Å². The Morgan fingerprint density at radius 3 is 2.72 bits per heavy atom. The third kappa shape index (κ3) is 4.14. The van der Waals surface area contributed by atoms with Crippen LogP contribution < -0.4 is 0 Å². The van der Waals surface area contributed by atoms with Crippen molar-refractivity contribution in [1.29, 1.82) is 0 Å². The molecule has 1 aromatic rings. The molecule has 0 aliphatic carbocycles. The van der Waals surface area contributed by atoms with E-state index in [-0.39, 0.29) is 34.7 Å². The molecule has 0 unspecified atom stereocenters. The number of aromatic nitrogens is 2. The molecular weight excluding hydrogens is 410 g/mol. The zero-order valence-corrected chi connectivity index (χ0v) is 19.2. The lowest BCUT2D eigenvalue weighted by atomic mass is 10.00. The standard InChI is InChI=1S/C19H27N3O5SSi/c1-7-10-25-18(24)27-15-17(21-9-8-20-12-21)28-16-13(14(23)22(15)16)11-26-29(5,6)19(2,3)4/h7-9,12-13,16H,1,10-11H2,2-6H3/t13-,16+/m0/s1. The third-order valence-corrected chi connectivity index (χ3v) is 11.3. The molecule has 1 saturated heterocycles. The van der Waals surface area contributed by atoms with Gasteiger partial charge in [-0.05, 0) is 18.1 Å². The van der Waals surface area contributed by atoms with Gasteiger partial charge in [0.25, 0.3) is 0 Å². The Kier molecular flexibility index (Phi) is 5.97. The number of hydrogen-bond acceptors (Lipinski definition) is 7. The van der Waals surface area contributed by atoms with Crippen LogP contribution in [0, 0.1) is 5.92 Å². The summed E-state index contributed by atoms with van der Waals surface area (Å²) in [6.45, 7) is 14.7. The zero-order valence-electron chi connectivity index (χ0n) is 17.4. The number of thioether (sulfide) groups is 1. The topological polar surface area (TPSA) is 82.9 Å². The number of hydrogen-bond donors (Lipinski definition) is 0. The molecule has 8 nitrogen and oxygen atoms in total. The van der Waals surface area contributed by atoms with Crippen molar-refractivity contribution in [2.24, 2.45) is 5.92 Å². The molecule has 0 N–H and O–H groups in total. The second-order valence-corrected chi connectivity index (χ2v) is 14.3. The smallest absolute Gasteiger partial charge is 0.430 e. The van der Waals surface area contributed by atoms with Gasteiger partial charge in [-0.2, -0.15) is 0 Å². The van der Waals surface area contributed by atoms with Gasteiger partial charge in [0.1, 0.15) is 17.0 Å². The number of imidazole rings is 1. The minimum atomic E-state index is -1.98. The lowest BCUT2D eigenvalue weighted by Crippen LogP contribution is -2.59. The minimum Gasteiger partial charge on any atom is -0.430 e. The van der Waals surface area contributed by atoms with Crippen molar-refractivity contribution in [3.8, 4) is 0 Å². The molecule has 1 fully saturated rings. The van der Waals surface area contributed by atoms with E-state index >= 15 is 0 Å². The summed E-state index contributed by atoms with van der Waals surface area (Å²) in [5.74, 6) is -0.249. The summed E-state index contributed by atoms with van der Waals surface area (Å²) in [4.78, 5) is 30.4. The quantitative estimate of drug-likeness (QED) is 0.277. The number of nitrogens with zero attached hydrogens (tertiary/aromatic N) is 3. The van der Waals surface area contributed by atoms with Gasteiger partial charge < -0.3 is 13.9 Å². The predicted molar refractivity (Wildman–Crippen MR) is 113 cm³/mol. The Bertz CT molecular complexity index is 831. The van der Waals surface area contributed by atoms with Crippen molar-refractivity contribution in [3.05, 3.63) is 37.3 Å². The summed E-state index contributed by atoms with van der Waals surface area (Å²) in [7, 11) is -1.98. The van der Waals surface area contributed by atoms with Crippen LogP contribution in [0.3, 0.4) is 0 Å². The molecule has 2 aliphatic rings. The molecule has 29 heavy (non-hydrogen) atoms. The normalized spacial score (nSPS) is 21.7. The fourth-order valence-corrected chi connectivity index (χ4v) is 5.08. The van der Waals surface area contributed by atoms with E-state index in [1.165, 1.54) is 22.7 Å². The fraction of sp³-hybridized carbons (Fsp3) is 0.526. The van der Waals surface area contributed by atoms with E-state index in [0.29, 0.717) is 11.6 Å². The van der Waals surface area contributed by atoms with Crippen LogP contribution in [0.25, 0.3) is 5.03 Å². The van der Waals surface area contributed by atoms with Crippen LogP contribution in [0.15, 0.2) is 37.3 Å². The average Bonchev–Trinajstić information content (AvgIpc) is 3.25. The van der Waals surface area contributed by atoms with E-state index in [0.717, 1.165) is 0 Å². The monoisotopic (exact) mass is 437 g/mol. The Balaban J connectivity index is 1.75. The summed E-state index contributed by atoms with van der Waals surface area (Å²) in [5, 5.41) is 0.490. The highest BCUT2D eigenvalue weighted by Crippen LogP contribution is 2.52. The molecular formula is C19H27N3O5SSi. The van der Waals surface area contributed by atoms with E-state index < -0.39 is 14.5 Å². The Hall–Kier alpha value is -2.04. The molecule has 0 bridgehead atoms. The molecule has 158 valence electrons. The van der Waals surface area contributed by atoms with Gasteiger partial charge in [-0.15, -0.1) is 0 Å². The highest BCUT2D eigenvalue weighted by molar-refractivity contribution is 8.08. The van der Waals surface area contributed by atoms with E-state index in [9.17, 15) is 9.59 Å². The lowest BCUT2D eigenvalue weighted by molar-refractivity contribution is -0.151. The van der Waals surface area contributed by atoms with Crippen molar-refractivity contribution in [2.45, 2.75) is 44.3 Å². The number of carbonyl (C=O) groups is 2. The van der Waals surface area contributed by atoms with Crippen molar-refractivity contribution < 1.29 is 23.5 Å². The highest BCUT2D eigenvalue weighted by Gasteiger charge is 2.57. The van der Waals surface area contributed by atoms with Crippen LogP contribution in [-0.2, 0) is 18.7 Å². The summed E-state index contributed by atoms with van der Waals surface area (Å²) >= 11 is 1.45. The number of β-lactam (4-membered cyclic amide) rings is 1. The number of amides is 1. The second-order valence-electron chi connectivity index (χ2n) is 8.43. The molecule has 10 heteroatoms. The summed E-state index contributed by atoms with van der Waals surface area (Å²) in [5.41, 5.74) is 0. The van der Waals surface area contributed by atoms with Gasteiger partial charge in [-0.25, -0.2) is 9.78 Å². The van der Waals surface area contributed by atoms with E-state index in [2.05, 4.69) is 45.4 Å². The molecule has 0 spiro atoms. The predicted octanol–water partition coefficient (Wildman–Crippen LogP) is 3.86. The van der Waals surface area contributed by atoms with Crippen molar-refractivity contribution in [3.63, 3.8) is 0 Å². The van der Waals surface area contributed by atoms with E-state index in [4.69, 9.17) is 13.9 Å². The highest BCUT2D eigenvalue weighted by atomic mass is 32.2. The van der Waals surface area contributed by atoms with Gasteiger partial charge in [0.15, 0.2) is 8.32 Å². The first kappa shape index (κ1) is 21.7. The Morgan fingerprint density at radius 1 is 1.41 bits per heavy atom. The molecule has 3 heterocycles.